The number of anilines is 2. The molecule has 0 aliphatic rings. The van der Waals surface area contributed by atoms with Gasteiger partial charge in [-0.1, -0.05) is 6.07 Å². The van der Waals surface area contributed by atoms with Gasteiger partial charge in [0.05, 0.1) is 12.3 Å². The number of para-hydroxylation sites is 1. The van der Waals surface area contributed by atoms with Crippen molar-refractivity contribution >= 4 is 22.8 Å². The van der Waals surface area contributed by atoms with Crippen LogP contribution < -0.4 is 10.6 Å². The van der Waals surface area contributed by atoms with Crippen molar-refractivity contribution in [1.82, 2.24) is 4.98 Å². The molecular formula is C11H15N3O2. The maximum atomic E-state index is 5.80. The van der Waals surface area contributed by atoms with E-state index in [1.807, 2.05) is 30.1 Å². The Kier molecular flexibility index (Phi) is 2.96. The summed E-state index contributed by atoms with van der Waals surface area (Å²) in [6, 6.07) is 6.07. The Hall–Kier alpha value is -1.75. The molecule has 0 bridgehead atoms. The Morgan fingerprint density at radius 1 is 1.50 bits per heavy atom. The quantitative estimate of drug-likeness (QED) is 0.792. The van der Waals surface area contributed by atoms with Gasteiger partial charge in [0, 0.05) is 20.7 Å². The molecule has 1 heterocycles. The molecule has 0 amide bonds. The van der Waals surface area contributed by atoms with Gasteiger partial charge in [-0.25, -0.2) is 0 Å². The topological polar surface area (TPSA) is 64.5 Å². The number of nitrogens with two attached hydrogens (primary N) is 1. The van der Waals surface area contributed by atoms with Gasteiger partial charge in [0.2, 0.25) is 0 Å². The monoisotopic (exact) mass is 221 g/mol. The van der Waals surface area contributed by atoms with Crippen LogP contribution in [-0.2, 0) is 4.74 Å². The van der Waals surface area contributed by atoms with Crippen molar-refractivity contribution in [2.45, 2.75) is 0 Å². The van der Waals surface area contributed by atoms with E-state index in [2.05, 4.69) is 4.98 Å². The molecule has 0 saturated carbocycles. The summed E-state index contributed by atoms with van der Waals surface area (Å²) in [5.41, 5.74) is 7.85. The summed E-state index contributed by atoms with van der Waals surface area (Å²) in [5.74, 6) is 0. The Morgan fingerprint density at radius 2 is 2.31 bits per heavy atom. The summed E-state index contributed by atoms with van der Waals surface area (Å²) in [7, 11) is 3.57. The number of methoxy groups -OCH3 is 1. The summed E-state index contributed by atoms with van der Waals surface area (Å²) in [6.07, 6.45) is 0. The fourth-order valence-electron chi connectivity index (χ4n) is 1.45. The molecule has 16 heavy (non-hydrogen) atoms. The van der Waals surface area contributed by atoms with Crippen LogP contribution in [0.25, 0.3) is 11.1 Å². The highest BCUT2D eigenvalue weighted by Crippen LogP contribution is 2.24. The first kappa shape index (κ1) is 10.8. The molecular weight excluding hydrogens is 206 g/mol. The van der Waals surface area contributed by atoms with Crippen LogP contribution in [0, 0.1) is 0 Å². The van der Waals surface area contributed by atoms with Crippen LogP contribution in [0.1, 0.15) is 0 Å². The predicted molar refractivity (Wildman–Crippen MR) is 63.6 cm³/mol. The molecule has 0 unspecified atom stereocenters. The van der Waals surface area contributed by atoms with E-state index in [1.165, 1.54) is 0 Å². The van der Waals surface area contributed by atoms with Gasteiger partial charge in [-0.2, -0.15) is 4.98 Å². The van der Waals surface area contributed by atoms with Crippen molar-refractivity contribution in [2.24, 2.45) is 0 Å². The third kappa shape index (κ3) is 1.94. The van der Waals surface area contributed by atoms with Crippen LogP contribution in [0.15, 0.2) is 22.6 Å². The van der Waals surface area contributed by atoms with Crippen molar-refractivity contribution in [3.63, 3.8) is 0 Å². The van der Waals surface area contributed by atoms with Crippen molar-refractivity contribution < 1.29 is 9.15 Å². The predicted octanol–water partition coefficient (Wildman–Crippen LogP) is 1.49. The number of likely N-dealkylation sites (N-methyl/N-ethyl adjacent to an activating group) is 1. The first-order chi connectivity index (χ1) is 7.72. The second-order valence-corrected chi connectivity index (χ2v) is 3.60. The largest absolute Gasteiger partial charge is 0.423 e. The fourth-order valence-corrected chi connectivity index (χ4v) is 1.45. The molecule has 0 saturated heterocycles. The third-order valence-corrected chi connectivity index (χ3v) is 2.40. The van der Waals surface area contributed by atoms with Gasteiger partial charge in [0.15, 0.2) is 5.58 Å². The van der Waals surface area contributed by atoms with Gasteiger partial charge in [0.25, 0.3) is 6.01 Å². The van der Waals surface area contributed by atoms with Gasteiger partial charge in [-0.15, -0.1) is 0 Å². The molecule has 2 rings (SSSR count). The van der Waals surface area contributed by atoms with Gasteiger partial charge >= 0.3 is 0 Å². The van der Waals surface area contributed by atoms with Crippen molar-refractivity contribution in [1.29, 1.82) is 0 Å². The van der Waals surface area contributed by atoms with E-state index in [4.69, 9.17) is 14.9 Å². The van der Waals surface area contributed by atoms with Crippen LogP contribution in [0.4, 0.5) is 11.7 Å². The SMILES string of the molecule is COCCN(C)c1nc2c(N)cccc2o1. The van der Waals surface area contributed by atoms with Crippen molar-refractivity contribution in [3.05, 3.63) is 18.2 Å². The van der Waals surface area contributed by atoms with E-state index in [9.17, 15) is 0 Å². The van der Waals surface area contributed by atoms with E-state index < -0.39 is 0 Å². The molecule has 0 aliphatic heterocycles. The Labute approximate surface area is 93.8 Å². The average Bonchev–Trinajstić information content (AvgIpc) is 2.71. The zero-order valence-corrected chi connectivity index (χ0v) is 9.43. The summed E-state index contributed by atoms with van der Waals surface area (Å²) >= 11 is 0. The second-order valence-electron chi connectivity index (χ2n) is 3.60. The smallest absolute Gasteiger partial charge is 0.298 e. The molecule has 1 aromatic carbocycles. The molecule has 2 N–H and O–H groups in total. The zero-order valence-electron chi connectivity index (χ0n) is 9.43. The van der Waals surface area contributed by atoms with E-state index in [0.29, 0.717) is 29.4 Å². The third-order valence-electron chi connectivity index (χ3n) is 2.40. The minimum absolute atomic E-state index is 0.560. The van der Waals surface area contributed by atoms with E-state index in [1.54, 1.807) is 7.11 Å². The number of benzene rings is 1. The molecule has 0 radical (unpaired) electrons. The first-order valence-corrected chi connectivity index (χ1v) is 5.07. The van der Waals surface area contributed by atoms with Crippen LogP contribution >= 0.6 is 0 Å². The first-order valence-electron chi connectivity index (χ1n) is 5.07. The number of hydrogen-bond donors (Lipinski definition) is 1. The Bertz CT molecular complexity index is 481. The van der Waals surface area contributed by atoms with Gasteiger partial charge < -0.3 is 19.8 Å². The van der Waals surface area contributed by atoms with Crippen molar-refractivity contribution in [2.75, 3.05) is 37.9 Å². The maximum absolute atomic E-state index is 5.80. The minimum atomic E-state index is 0.560. The Morgan fingerprint density at radius 3 is 3.00 bits per heavy atom. The fraction of sp³-hybridized carbons (Fsp3) is 0.364. The normalized spacial score (nSPS) is 10.9. The van der Waals surface area contributed by atoms with Crippen molar-refractivity contribution in [3.8, 4) is 0 Å². The van der Waals surface area contributed by atoms with Gasteiger partial charge in [-0.05, 0) is 12.1 Å². The lowest BCUT2D eigenvalue weighted by molar-refractivity contribution is 0.205. The van der Waals surface area contributed by atoms with E-state index in [-0.39, 0.29) is 0 Å². The summed E-state index contributed by atoms with van der Waals surface area (Å²) in [6.45, 7) is 1.36. The standard InChI is InChI=1S/C11H15N3O2/c1-14(6-7-15-2)11-13-10-8(12)4-3-5-9(10)16-11/h3-5H,6-7,12H2,1-2H3. The zero-order chi connectivity index (χ0) is 11.5. The highest BCUT2D eigenvalue weighted by atomic mass is 16.5. The number of rotatable bonds is 4. The number of fused-ring (bicyclic) bond motifs is 1. The number of nitrogens with zero attached hydrogens (tertiary/aromatic N) is 2. The van der Waals surface area contributed by atoms with Gasteiger partial charge in [0.1, 0.15) is 5.52 Å². The molecule has 5 heteroatoms. The molecule has 5 nitrogen and oxygen atoms in total. The lowest BCUT2D eigenvalue weighted by Gasteiger charge is -2.12. The Balaban J connectivity index is 2.29. The van der Waals surface area contributed by atoms with Crippen LogP contribution in [0.5, 0.6) is 0 Å². The highest BCUT2D eigenvalue weighted by molar-refractivity contribution is 5.86. The summed E-state index contributed by atoms with van der Waals surface area (Å²) in [5, 5.41) is 0. The number of ether oxygens (including phenoxy) is 1. The molecule has 0 fully saturated rings. The lowest BCUT2D eigenvalue weighted by Crippen LogP contribution is -2.22. The number of nitrogen functional groups attached to an aromatic ring is 1. The number of aromatic nitrogens is 1. The molecule has 0 atom stereocenters. The molecule has 2 aromatic rings. The van der Waals surface area contributed by atoms with Gasteiger partial charge in [-0.3, -0.25) is 0 Å². The average molecular weight is 221 g/mol. The van der Waals surface area contributed by atoms with Crippen LogP contribution in [0.3, 0.4) is 0 Å². The molecule has 0 spiro atoms. The molecule has 86 valence electrons. The highest BCUT2D eigenvalue weighted by Gasteiger charge is 2.11. The van der Waals surface area contributed by atoms with Crippen LogP contribution in [-0.4, -0.2) is 32.3 Å². The van der Waals surface area contributed by atoms with E-state index >= 15 is 0 Å². The van der Waals surface area contributed by atoms with E-state index in [0.717, 1.165) is 6.54 Å². The van der Waals surface area contributed by atoms with Crippen LogP contribution in [0.2, 0.25) is 0 Å². The summed E-state index contributed by atoms with van der Waals surface area (Å²) in [4.78, 5) is 6.24. The number of oxazole rings is 1. The summed E-state index contributed by atoms with van der Waals surface area (Å²) < 4.78 is 10.6. The lowest BCUT2D eigenvalue weighted by atomic mass is 10.3. The molecule has 0 aliphatic carbocycles. The second kappa shape index (κ2) is 4.40. The molecule has 1 aromatic heterocycles. The maximum Gasteiger partial charge on any atom is 0.298 e. The number of hydrogen-bond acceptors (Lipinski definition) is 5. The minimum Gasteiger partial charge on any atom is -0.423 e.